The number of hydrogen-bond donors (Lipinski definition) is 1. The van der Waals surface area contributed by atoms with Crippen LogP contribution in [-0.2, 0) is 0 Å². The van der Waals surface area contributed by atoms with Crippen LogP contribution in [0.2, 0.25) is 0 Å². The van der Waals surface area contributed by atoms with Gasteiger partial charge in [0.25, 0.3) is 0 Å². The second kappa shape index (κ2) is 4.89. The van der Waals surface area contributed by atoms with Crippen LogP contribution in [0.15, 0.2) is 50.9 Å². The van der Waals surface area contributed by atoms with Gasteiger partial charge >= 0.3 is 0 Å². The van der Waals surface area contributed by atoms with Crippen LogP contribution in [0, 0.1) is 6.92 Å². The first kappa shape index (κ1) is 11.5. The van der Waals surface area contributed by atoms with Crippen molar-refractivity contribution in [3.8, 4) is 0 Å². The molecule has 0 atom stereocenters. The predicted octanol–water partition coefficient (Wildman–Crippen LogP) is 3.89. The first-order valence-corrected chi connectivity index (χ1v) is 6.42. The molecule has 1 aromatic carbocycles. The number of para-hydroxylation sites is 1. The molecule has 4 heteroatoms. The Kier molecular flexibility index (Phi) is 3.51. The van der Waals surface area contributed by atoms with Crippen molar-refractivity contribution >= 4 is 33.4 Å². The van der Waals surface area contributed by atoms with Gasteiger partial charge < -0.3 is 5.73 Å². The Hall–Kier alpha value is -1.00. The Balaban J connectivity index is 2.28. The average Bonchev–Trinajstić information content (AvgIpc) is 2.27. The van der Waals surface area contributed by atoms with Crippen LogP contribution < -0.4 is 5.73 Å². The zero-order valence-electron chi connectivity index (χ0n) is 8.77. The highest BCUT2D eigenvalue weighted by Crippen LogP contribution is 2.31. The summed E-state index contributed by atoms with van der Waals surface area (Å²) in [6.45, 7) is 2.05. The highest BCUT2D eigenvalue weighted by molar-refractivity contribution is 9.10. The second-order valence-electron chi connectivity index (χ2n) is 3.41. The molecule has 0 aliphatic carbocycles. The predicted molar refractivity (Wildman–Crippen MR) is 71.7 cm³/mol. The summed E-state index contributed by atoms with van der Waals surface area (Å²) in [7, 11) is 0. The van der Waals surface area contributed by atoms with E-state index in [0.29, 0.717) is 0 Å². The summed E-state index contributed by atoms with van der Waals surface area (Å²) in [6.07, 6.45) is 1.82. The van der Waals surface area contributed by atoms with E-state index >= 15 is 0 Å². The van der Waals surface area contributed by atoms with Crippen LogP contribution in [0.1, 0.15) is 5.56 Å². The Morgan fingerprint density at radius 3 is 2.75 bits per heavy atom. The molecule has 0 aliphatic heterocycles. The van der Waals surface area contributed by atoms with Crippen molar-refractivity contribution in [1.82, 2.24) is 4.98 Å². The summed E-state index contributed by atoms with van der Waals surface area (Å²) in [5.74, 6) is 0. The highest BCUT2D eigenvalue weighted by Gasteiger charge is 2.03. The largest absolute Gasteiger partial charge is 0.398 e. The number of anilines is 1. The molecule has 2 nitrogen and oxygen atoms in total. The fraction of sp³-hybridized carbons (Fsp3) is 0.0833. The second-order valence-corrected chi connectivity index (χ2v) is 5.33. The average molecular weight is 295 g/mol. The number of nitrogens with two attached hydrogens (primary N) is 1. The van der Waals surface area contributed by atoms with Crippen LogP contribution in [0.5, 0.6) is 0 Å². The van der Waals surface area contributed by atoms with E-state index < -0.39 is 0 Å². The molecule has 0 radical (unpaired) electrons. The van der Waals surface area contributed by atoms with Crippen molar-refractivity contribution in [3.05, 3.63) is 46.6 Å². The zero-order chi connectivity index (χ0) is 11.5. The Bertz CT molecular complexity index is 514. The van der Waals surface area contributed by atoms with E-state index in [0.717, 1.165) is 20.1 Å². The Morgan fingerprint density at radius 1 is 1.31 bits per heavy atom. The van der Waals surface area contributed by atoms with Crippen molar-refractivity contribution in [2.75, 3.05) is 5.73 Å². The van der Waals surface area contributed by atoms with Gasteiger partial charge in [-0.25, -0.2) is 4.98 Å². The van der Waals surface area contributed by atoms with Gasteiger partial charge in [-0.2, -0.15) is 0 Å². The first-order valence-electron chi connectivity index (χ1n) is 4.81. The topological polar surface area (TPSA) is 38.9 Å². The van der Waals surface area contributed by atoms with E-state index in [1.54, 1.807) is 11.8 Å². The number of nitrogens with zero attached hydrogens (tertiary/aromatic N) is 1. The molecule has 2 rings (SSSR count). The van der Waals surface area contributed by atoms with E-state index in [1.807, 2.05) is 43.5 Å². The minimum Gasteiger partial charge on any atom is -0.398 e. The van der Waals surface area contributed by atoms with Crippen LogP contribution in [-0.4, -0.2) is 4.98 Å². The minimum atomic E-state index is 0.787. The van der Waals surface area contributed by atoms with E-state index in [1.165, 1.54) is 5.56 Å². The molecule has 2 aromatic rings. The maximum Gasteiger partial charge on any atom is 0.101 e. The lowest BCUT2D eigenvalue weighted by Gasteiger charge is -2.05. The molecule has 0 saturated heterocycles. The van der Waals surface area contributed by atoms with Gasteiger partial charge in [0, 0.05) is 21.3 Å². The van der Waals surface area contributed by atoms with Crippen LogP contribution in [0.4, 0.5) is 5.69 Å². The standard InChI is InChI=1S/C12H11BrN2S/c1-8-6-12(15-7-9(8)13)16-11-5-3-2-4-10(11)14/h2-7H,14H2,1H3. The normalized spacial score (nSPS) is 10.4. The number of benzene rings is 1. The molecule has 0 fully saturated rings. The van der Waals surface area contributed by atoms with Gasteiger partial charge in [-0.3, -0.25) is 0 Å². The monoisotopic (exact) mass is 294 g/mol. The van der Waals surface area contributed by atoms with Gasteiger partial charge in [0.05, 0.1) is 0 Å². The summed E-state index contributed by atoms with van der Waals surface area (Å²) in [4.78, 5) is 5.37. The zero-order valence-corrected chi connectivity index (χ0v) is 11.2. The number of aromatic nitrogens is 1. The van der Waals surface area contributed by atoms with Crippen molar-refractivity contribution in [2.24, 2.45) is 0 Å². The van der Waals surface area contributed by atoms with Gasteiger partial charge in [0.15, 0.2) is 0 Å². The molecular formula is C12H11BrN2S. The quantitative estimate of drug-likeness (QED) is 0.854. The molecule has 0 spiro atoms. The van der Waals surface area contributed by atoms with E-state index in [-0.39, 0.29) is 0 Å². The van der Waals surface area contributed by atoms with Crippen LogP contribution in [0.3, 0.4) is 0 Å². The number of hydrogen-bond acceptors (Lipinski definition) is 3. The molecule has 0 amide bonds. The third-order valence-electron chi connectivity index (χ3n) is 2.16. The molecule has 0 bridgehead atoms. The van der Waals surface area contributed by atoms with Crippen LogP contribution >= 0.6 is 27.7 Å². The van der Waals surface area contributed by atoms with E-state index in [4.69, 9.17) is 5.73 Å². The van der Waals surface area contributed by atoms with Crippen molar-refractivity contribution in [3.63, 3.8) is 0 Å². The summed E-state index contributed by atoms with van der Waals surface area (Å²) >= 11 is 5.01. The molecular weight excluding hydrogens is 284 g/mol. The molecule has 82 valence electrons. The van der Waals surface area contributed by atoms with Gasteiger partial charge in [0.2, 0.25) is 0 Å². The Labute approximate surface area is 107 Å². The van der Waals surface area contributed by atoms with Gasteiger partial charge in [-0.15, -0.1) is 0 Å². The summed E-state index contributed by atoms with van der Waals surface area (Å²) in [5, 5.41) is 0.957. The fourth-order valence-electron chi connectivity index (χ4n) is 1.26. The van der Waals surface area contributed by atoms with Crippen LogP contribution in [0.25, 0.3) is 0 Å². The lowest BCUT2D eigenvalue weighted by Crippen LogP contribution is -1.88. The SMILES string of the molecule is Cc1cc(Sc2ccccc2N)ncc1Br. The number of nitrogen functional groups attached to an aromatic ring is 1. The lowest BCUT2D eigenvalue weighted by atomic mass is 10.3. The Morgan fingerprint density at radius 2 is 2.06 bits per heavy atom. The molecule has 2 N–H and O–H groups in total. The third-order valence-corrected chi connectivity index (χ3v) is 4.01. The molecule has 1 aromatic heterocycles. The minimum absolute atomic E-state index is 0.787. The number of aryl methyl sites for hydroxylation is 1. The smallest absolute Gasteiger partial charge is 0.101 e. The fourth-order valence-corrected chi connectivity index (χ4v) is 2.37. The molecule has 0 saturated carbocycles. The third kappa shape index (κ3) is 2.57. The lowest BCUT2D eigenvalue weighted by molar-refractivity contribution is 1.10. The molecule has 1 heterocycles. The summed E-state index contributed by atoms with van der Waals surface area (Å²) in [5.41, 5.74) is 7.84. The van der Waals surface area contributed by atoms with Gasteiger partial charge in [-0.05, 0) is 46.6 Å². The number of halogens is 1. The molecule has 0 aliphatic rings. The maximum atomic E-state index is 5.88. The van der Waals surface area contributed by atoms with Crippen molar-refractivity contribution < 1.29 is 0 Å². The number of pyridine rings is 1. The first-order chi connectivity index (χ1) is 7.66. The van der Waals surface area contributed by atoms with Gasteiger partial charge in [-0.1, -0.05) is 23.9 Å². The highest BCUT2D eigenvalue weighted by atomic mass is 79.9. The number of rotatable bonds is 2. The van der Waals surface area contributed by atoms with Crippen molar-refractivity contribution in [2.45, 2.75) is 16.8 Å². The van der Waals surface area contributed by atoms with Gasteiger partial charge in [0.1, 0.15) is 5.03 Å². The van der Waals surface area contributed by atoms with E-state index in [9.17, 15) is 0 Å². The molecule has 0 unspecified atom stereocenters. The maximum absolute atomic E-state index is 5.88. The van der Waals surface area contributed by atoms with E-state index in [2.05, 4.69) is 20.9 Å². The summed E-state index contributed by atoms with van der Waals surface area (Å²) in [6, 6.07) is 9.85. The van der Waals surface area contributed by atoms with Crippen molar-refractivity contribution in [1.29, 1.82) is 0 Å². The summed E-state index contributed by atoms with van der Waals surface area (Å²) < 4.78 is 1.03. The molecule has 16 heavy (non-hydrogen) atoms.